The van der Waals surface area contributed by atoms with Gasteiger partial charge in [-0.25, -0.2) is 4.68 Å². The third-order valence-electron chi connectivity index (χ3n) is 2.63. The van der Waals surface area contributed by atoms with E-state index in [1.807, 2.05) is 30.3 Å². The number of hydrogen-bond donors (Lipinski definition) is 1. The smallest absolute Gasteiger partial charge is 0.127 e. The van der Waals surface area contributed by atoms with E-state index in [0.29, 0.717) is 12.4 Å². The highest BCUT2D eigenvalue weighted by atomic mass is 16.5. The molecule has 2 rings (SSSR count). The average molecular weight is 231 g/mol. The van der Waals surface area contributed by atoms with E-state index in [4.69, 9.17) is 10.5 Å². The molecule has 0 aliphatic heterocycles. The Morgan fingerprint density at radius 2 is 2.00 bits per heavy atom. The maximum Gasteiger partial charge on any atom is 0.127 e. The fourth-order valence-corrected chi connectivity index (χ4v) is 1.67. The van der Waals surface area contributed by atoms with Gasteiger partial charge in [0.1, 0.15) is 5.82 Å². The average Bonchev–Trinajstić information content (AvgIpc) is 2.69. The number of nitrogens with two attached hydrogens (primary N) is 1. The fourth-order valence-electron chi connectivity index (χ4n) is 1.67. The number of benzene rings is 1. The van der Waals surface area contributed by atoms with Crippen LogP contribution in [0.1, 0.15) is 11.3 Å². The predicted molar refractivity (Wildman–Crippen MR) is 68.3 cm³/mol. The Morgan fingerprint density at radius 1 is 1.29 bits per heavy atom. The van der Waals surface area contributed by atoms with Crippen LogP contribution in [0.25, 0.3) is 5.69 Å². The highest BCUT2D eigenvalue weighted by molar-refractivity contribution is 5.43. The lowest BCUT2D eigenvalue weighted by Crippen LogP contribution is -2.02. The van der Waals surface area contributed by atoms with Crippen LogP contribution < -0.4 is 5.73 Å². The van der Waals surface area contributed by atoms with Gasteiger partial charge < -0.3 is 10.5 Å². The van der Waals surface area contributed by atoms with Crippen molar-refractivity contribution in [2.24, 2.45) is 0 Å². The first-order chi connectivity index (χ1) is 8.20. The Morgan fingerprint density at radius 3 is 2.65 bits per heavy atom. The van der Waals surface area contributed by atoms with Gasteiger partial charge in [-0.2, -0.15) is 5.10 Å². The summed E-state index contributed by atoms with van der Waals surface area (Å²) in [6, 6.07) is 10.0. The largest absolute Gasteiger partial charge is 0.384 e. The second-order valence-corrected chi connectivity index (χ2v) is 4.05. The number of ether oxygens (including phenoxy) is 1. The van der Waals surface area contributed by atoms with Gasteiger partial charge in [-0.05, 0) is 19.1 Å². The molecule has 0 unspecified atom stereocenters. The fraction of sp³-hybridized carbons (Fsp3) is 0.308. The minimum atomic E-state index is 0.653. The molecule has 0 saturated heterocycles. The second kappa shape index (κ2) is 5.01. The minimum absolute atomic E-state index is 0.653. The van der Waals surface area contributed by atoms with Gasteiger partial charge in [0.15, 0.2) is 0 Å². The molecule has 0 spiro atoms. The summed E-state index contributed by atoms with van der Waals surface area (Å²) < 4.78 is 6.78. The molecule has 0 fully saturated rings. The highest BCUT2D eigenvalue weighted by Crippen LogP contribution is 2.15. The summed E-state index contributed by atoms with van der Waals surface area (Å²) in [7, 11) is 1.68. The predicted octanol–water partition coefficient (Wildman–Crippen LogP) is 1.95. The van der Waals surface area contributed by atoms with Crippen molar-refractivity contribution >= 4 is 5.82 Å². The number of nitrogens with zero attached hydrogens (tertiary/aromatic N) is 2. The van der Waals surface area contributed by atoms with Gasteiger partial charge in [0.05, 0.1) is 18.0 Å². The van der Waals surface area contributed by atoms with Crippen molar-refractivity contribution in [1.82, 2.24) is 9.78 Å². The summed E-state index contributed by atoms with van der Waals surface area (Å²) in [5, 5.41) is 4.46. The summed E-state index contributed by atoms with van der Waals surface area (Å²) in [6.45, 7) is 2.71. The molecule has 4 nitrogen and oxygen atoms in total. The van der Waals surface area contributed by atoms with Crippen LogP contribution in [0.4, 0.5) is 5.82 Å². The summed E-state index contributed by atoms with van der Waals surface area (Å²) >= 11 is 0. The highest BCUT2D eigenvalue weighted by Gasteiger charge is 2.06. The molecule has 4 heteroatoms. The molecular formula is C13H17N3O. The maximum absolute atomic E-state index is 5.94. The third-order valence-corrected chi connectivity index (χ3v) is 2.63. The quantitative estimate of drug-likeness (QED) is 0.875. The van der Waals surface area contributed by atoms with Crippen LogP contribution in [0, 0.1) is 6.92 Å². The van der Waals surface area contributed by atoms with E-state index in [9.17, 15) is 0 Å². The van der Waals surface area contributed by atoms with Crippen molar-refractivity contribution < 1.29 is 4.74 Å². The molecule has 0 atom stereocenters. The molecule has 0 amide bonds. The molecule has 1 aromatic heterocycles. The van der Waals surface area contributed by atoms with E-state index >= 15 is 0 Å². The second-order valence-electron chi connectivity index (χ2n) is 4.05. The lowest BCUT2D eigenvalue weighted by molar-refractivity contribution is 0.201. The van der Waals surface area contributed by atoms with Gasteiger partial charge in [-0.1, -0.05) is 17.7 Å². The molecule has 0 saturated carbocycles. The van der Waals surface area contributed by atoms with E-state index < -0.39 is 0 Å². The summed E-state index contributed by atoms with van der Waals surface area (Å²) in [4.78, 5) is 0. The van der Waals surface area contributed by atoms with E-state index in [0.717, 1.165) is 17.8 Å². The van der Waals surface area contributed by atoms with E-state index in [1.54, 1.807) is 11.8 Å². The standard InChI is InChI=1S/C13H17N3O/c1-10-3-5-12(6-4-10)16-13(14)9-11(15-16)7-8-17-2/h3-6,9H,7-8,14H2,1-2H3. The summed E-state index contributed by atoms with van der Waals surface area (Å²) in [6.07, 6.45) is 0.777. The molecule has 2 N–H and O–H groups in total. The topological polar surface area (TPSA) is 53.1 Å². The minimum Gasteiger partial charge on any atom is -0.384 e. The first kappa shape index (κ1) is 11.7. The normalized spacial score (nSPS) is 10.7. The van der Waals surface area contributed by atoms with Crippen LogP contribution in [-0.4, -0.2) is 23.5 Å². The number of nitrogen functional groups attached to an aromatic ring is 1. The zero-order valence-electron chi connectivity index (χ0n) is 10.2. The monoisotopic (exact) mass is 231 g/mol. The molecule has 90 valence electrons. The molecule has 0 radical (unpaired) electrons. The van der Waals surface area contributed by atoms with Gasteiger partial charge in [-0.15, -0.1) is 0 Å². The Balaban J connectivity index is 2.26. The molecule has 0 aliphatic rings. The van der Waals surface area contributed by atoms with Gasteiger partial charge >= 0.3 is 0 Å². The van der Waals surface area contributed by atoms with Crippen molar-refractivity contribution in [3.05, 3.63) is 41.6 Å². The summed E-state index contributed by atoms with van der Waals surface area (Å²) in [5.41, 5.74) is 9.10. The van der Waals surface area contributed by atoms with Crippen molar-refractivity contribution in [2.75, 3.05) is 19.5 Å². The first-order valence-electron chi connectivity index (χ1n) is 5.61. The third kappa shape index (κ3) is 2.65. The van der Waals surface area contributed by atoms with Crippen molar-refractivity contribution in [1.29, 1.82) is 0 Å². The number of aryl methyl sites for hydroxylation is 1. The number of aromatic nitrogens is 2. The van der Waals surface area contributed by atoms with Crippen molar-refractivity contribution in [3.8, 4) is 5.69 Å². The summed E-state index contributed by atoms with van der Waals surface area (Å²) in [5.74, 6) is 0.653. The molecule has 1 aromatic carbocycles. The van der Waals surface area contributed by atoms with Gasteiger partial charge in [0, 0.05) is 19.6 Å². The first-order valence-corrected chi connectivity index (χ1v) is 5.61. The number of hydrogen-bond acceptors (Lipinski definition) is 3. The number of methoxy groups -OCH3 is 1. The van der Waals surface area contributed by atoms with Crippen LogP contribution in [-0.2, 0) is 11.2 Å². The number of rotatable bonds is 4. The van der Waals surface area contributed by atoms with Crippen LogP contribution in [0.2, 0.25) is 0 Å². The van der Waals surface area contributed by atoms with Crippen LogP contribution in [0.5, 0.6) is 0 Å². The van der Waals surface area contributed by atoms with Gasteiger partial charge in [-0.3, -0.25) is 0 Å². The number of anilines is 1. The van der Waals surface area contributed by atoms with Crippen molar-refractivity contribution in [2.45, 2.75) is 13.3 Å². The van der Waals surface area contributed by atoms with Gasteiger partial charge in [0.25, 0.3) is 0 Å². The zero-order valence-corrected chi connectivity index (χ0v) is 10.2. The van der Waals surface area contributed by atoms with Crippen LogP contribution >= 0.6 is 0 Å². The Hall–Kier alpha value is -1.81. The van der Waals surface area contributed by atoms with Crippen LogP contribution in [0.15, 0.2) is 30.3 Å². The SMILES string of the molecule is COCCc1cc(N)n(-c2ccc(C)cc2)n1. The Kier molecular flexibility index (Phi) is 3.44. The van der Waals surface area contributed by atoms with Gasteiger partial charge in [0.2, 0.25) is 0 Å². The molecule has 17 heavy (non-hydrogen) atoms. The molecule has 2 aromatic rings. The van der Waals surface area contributed by atoms with E-state index in [2.05, 4.69) is 12.0 Å². The zero-order chi connectivity index (χ0) is 12.3. The molecule has 0 aliphatic carbocycles. The maximum atomic E-state index is 5.94. The molecule has 1 heterocycles. The van der Waals surface area contributed by atoms with Crippen LogP contribution in [0.3, 0.4) is 0 Å². The molecular weight excluding hydrogens is 214 g/mol. The lowest BCUT2D eigenvalue weighted by Gasteiger charge is -2.03. The van der Waals surface area contributed by atoms with Crippen molar-refractivity contribution in [3.63, 3.8) is 0 Å². The molecule has 0 bridgehead atoms. The van der Waals surface area contributed by atoms with E-state index in [-0.39, 0.29) is 0 Å². The van der Waals surface area contributed by atoms with E-state index in [1.165, 1.54) is 5.56 Å². The Bertz CT molecular complexity index is 488. The Labute approximate surface area is 101 Å². The lowest BCUT2D eigenvalue weighted by atomic mass is 10.2.